The van der Waals surface area contributed by atoms with Crippen LogP contribution in [0.3, 0.4) is 0 Å². The zero-order valence-corrected chi connectivity index (χ0v) is 18.6. The van der Waals surface area contributed by atoms with Crippen molar-refractivity contribution < 1.29 is 19.1 Å². The van der Waals surface area contributed by atoms with Crippen LogP contribution in [0.1, 0.15) is 44.7 Å². The predicted molar refractivity (Wildman–Crippen MR) is 119 cm³/mol. The van der Waals surface area contributed by atoms with E-state index < -0.39 is 22.7 Å². The molecule has 0 unspecified atom stereocenters. The Labute approximate surface area is 188 Å². The van der Waals surface area contributed by atoms with Crippen molar-refractivity contribution in [2.75, 3.05) is 0 Å². The first kappa shape index (κ1) is 19.9. The van der Waals surface area contributed by atoms with Gasteiger partial charge in [-0.15, -0.1) is 0 Å². The molecule has 3 aromatic rings. The highest BCUT2D eigenvalue weighted by atomic mass is 79.9. The van der Waals surface area contributed by atoms with Crippen molar-refractivity contribution in [2.45, 2.75) is 19.8 Å². The molecule has 0 amide bonds. The monoisotopic (exact) mass is 474 g/mol. The van der Waals surface area contributed by atoms with Crippen LogP contribution in [-0.4, -0.2) is 17.5 Å². The van der Waals surface area contributed by atoms with Crippen LogP contribution in [-0.2, 0) is 4.79 Å². The zero-order chi connectivity index (χ0) is 22.0. The smallest absolute Gasteiger partial charge is 0.327 e. The van der Waals surface area contributed by atoms with E-state index in [1.54, 1.807) is 61.5 Å². The zero-order valence-electron chi connectivity index (χ0n) is 17.0. The van der Waals surface area contributed by atoms with Crippen LogP contribution >= 0.6 is 15.9 Å². The summed E-state index contributed by atoms with van der Waals surface area (Å²) >= 11 is 3.47. The molecule has 0 N–H and O–H groups in total. The minimum absolute atomic E-state index is 0.230. The Morgan fingerprint density at radius 1 is 0.903 bits per heavy atom. The maximum atomic E-state index is 13.8. The third-order valence-corrected chi connectivity index (χ3v) is 7.23. The van der Waals surface area contributed by atoms with E-state index in [2.05, 4.69) is 15.9 Å². The Kier molecular flexibility index (Phi) is 4.31. The fourth-order valence-corrected chi connectivity index (χ4v) is 5.48. The summed E-state index contributed by atoms with van der Waals surface area (Å²) in [5.74, 6) is -1.47. The lowest BCUT2D eigenvalue weighted by Crippen LogP contribution is -2.39. The molecule has 154 valence electrons. The van der Waals surface area contributed by atoms with E-state index in [0.29, 0.717) is 22.4 Å². The highest BCUT2D eigenvalue weighted by Crippen LogP contribution is 2.79. The molecule has 3 aromatic carbocycles. The standard InChI is InChI=1S/C26H19BrO4/c1-15-8-10-17(11-9-15)22(28)25(2)21-19-14-18(27)12-13-20(19)31-24(30)26(21,25)23(29)16-6-4-3-5-7-16/h3-14,21H,1-2H3/t21-,25+,26-/m0/s1. The first-order valence-electron chi connectivity index (χ1n) is 10.0. The van der Waals surface area contributed by atoms with E-state index >= 15 is 0 Å². The van der Waals surface area contributed by atoms with Gasteiger partial charge in [0.1, 0.15) is 5.75 Å². The van der Waals surface area contributed by atoms with Crippen LogP contribution in [0, 0.1) is 17.8 Å². The molecule has 1 saturated carbocycles. The van der Waals surface area contributed by atoms with E-state index in [1.165, 1.54) is 0 Å². The number of fused-ring (bicyclic) bond motifs is 3. The number of ether oxygens (including phenoxy) is 1. The molecule has 3 atom stereocenters. The molecule has 0 radical (unpaired) electrons. The third-order valence-electron chi connectivity index (χ3n) is 6.73. The summed E-state index contributed by atoms with van der Waals surface area (Å²) in [5, 5.41) is 0. The van der Waals surface area contributed by atoms with Crippen molar-refractivity contribution in [1.29, 1.82) is 0 Å². The molecule has 0 spiro atoms. The number of Topliss-reactive ketones (excluding diaryl/α,β-unsaturated/α-hetero) is 2. The van der Waals surface area contributed by atoms with Gasteiger partial charge in [0.25, 0.3) is 0 Å². The van der Waals surface area contributed by atoms with Crippen LogP contribution < -0.4 is 4.74 Å². The Balaban J connectivity index is 1.73. The quantitative estimate of drug-likeness (QED) is 0.216. The van der Waals surface area contributed by atoms with Gasteiger partial charge >= 0.3 is 5.97 Å². The van der Waals surface area contributed by atoms with Gasteiger partial charge in [0.05, 0.1) is 5.41 Å². The van der Waals surface area contributed by atoms with Gasteiger partial charge < -0.3 is 4.74 Å². The molecular formula is C26H19BrO4. The van der Waals surface area contributed by atoms with Crippen LogP contribution in [0.15, 0.2) is 77.3 Å². The van der Waals surface area contributed by atoms with Crippen molar-refractivity contribution in [3.05, 3.63) is 99.5 Å². The minimum Gasteiger partial charge on any atom is -0.425 e. The van der Waals surface area contributed by atoms with E-state index in [0.717, 1.165) is 10.0 Å². The summed E-state index contributed by atoms with van der Waals surface area (Å²) in [6, 6.07) is 21.2. The number of hydrogen-bond donors (Lipinski definition) is 0. The molecule has 1 heterocycles. The van der Waals surface area contributed by atoms with Crippen molar-refractivity contribution in [2.24, 2.45) is 10.8 Å². The molecule has 4 nitrogen and oxygen atoms in total. The maximum Gasteiger partial charge on any atom is 0.327 e. The second-order valence-electron chi connectivity index (χ2n) is 8.41. The number of benzene rings is 3. The third kappa shape index (κ3) is 2.56. The lowest BCUT2D eigenvalue weighted by molar-refractivity contribution is -0.140. The summed E-state index contributed by atoms with van der Waals surface area (Å²) < 4.78 is 6.45. The van der Waals surface area contributed by atoms with E-state index in [4.69, 9.17) is 4.74 Å². The summed E-state index contributed by atoms with van der Waals surface area (Å²) in [5.41, 5.74) is -0.252. The van der Waals surface area contributed by atoms with Crippen LogP contribution in [0.25, 0.3) is 0 Å². The molecule has 1 aliphatic carbocycles. The second kappa shape index (κ2) is 6.72. The van der Waals surface area contributed by atoms with Crippen LogP contribution in [0.4, 0.5) is 0 Å². The van der Waals surface area contributed by atoms with E-state index in [-0.39, 0.29) is 11.6 Å². The first-order chi connectivity index (χ1) is 14.8. The second-order valence-corrected chi connectivity index (χ2v) is 9.32. The molecule has 5 heteroatoms. The maximum absolute atomic E-state index is 13.8. The van der Waals surface area contributed by atoms with Crippen LogP contribution in [0.2, 0.25) is 0 Å². The first-order valence-corrected chi connectivity index (χ1v) is 10.8. The summed E-state index contributed by atoms with van der Waals surface area (Å²) in [4.78, 5) is 41.0. The highest BCUT2D eigenvalue weighted by molar-refractivity contribution is 9.10. The van der Waals surface area contributed by atoms with E-state index in [9.17, 15) is 14.4 Å². The van der Waals surface area contributed by atoms with Gasteiger partial charge in [-0.25, -0.2) is 0 Å². The summed E-state index contributed by atoms with van der Waals surface area (Å²) in [6.07, 6.45) is 0. The highest BCUT2D eigenvalue weighted by Gasteiger charge is 2.87. The molecule has 1 fully saturated rings. The fraction of sp³-hybridized carbons (Fsp3) is 0.192. The molecule has 1 aliphatic heterocycles. The number of hydrogen-bond acceptors (Lipinski definition) is 4. The number of esters is 1. The molecule has 5 rings (SSSR count). The van der Waals surface area contributed by atoms with Gasteiger partial charge in [-0.1, -0.05) is 83.0 Å². The molecule has 0 saturated heterocycles. The SMILES string of the molecule is Cc1ccc(C(=O)[C@@]2(C)[C@@H]3c4cc(Br)ccc4OC(=O)[C@@]32C(=O)c2ccccc2)cc1. The Bertz CT molecular complexity index is 1250. The molecule has 31 heavy (non-hydrogen) atoms. The predicted octanol–water partition coefficient (Wildman–Crippen LogP) is 5.53. The summed E-state index contributed by atoms with van der Waals surface area (Å²) in [7, 11) is 0. The number of carbonyl (C=O) groups is 3. The van der Waals surface area contributed by atoms with Gasteiger partial charge in [-0.3, -0.25) is 14.4 Å². The van der Waals surface area contributed by atoms with Gasteiger partial charge in [0.15, 0.2) is 17.0 Å². The molecule has 0 aromatic heterocycles. The Hall–Kier alpha value is -3.05. The topological polar surface area (TPSA) is 60.4 Å². The summed E-state index contributed by atoms with van der Waals surface area (Å²) in [6.45, 7) is 3.66. The number of aryl methyl sites for hydroxylation is 1. The minimum atomic E-state index is -1.59. The van der Waals surface area contributed by atoms with Crippen molar-refractivity contribution in [3.63, 3.8) is 0 Å². The number of halogens is 1. The van der Waals surface area contributed by atoms with Gasteiger partial charge in [-0.05, 0) is 25.1 Å². The van der Waals surface area contributed by atoms with Gasteiger partial charge in [0.2, 0.25) is 0 Å². The van der Waals surface area contributed by atoms with E-state index in [1.807, 2.05) is 25.1 Å². The largest absolute Gasteiger partial charge is 0.425 e. The molecular weight excluding hydrogens is 456 g/mol. The van der Waals surface area contributed by atoms with Gasteiger partial charge in [0, 0.05) is 27.1 Å². The van der Waals surface area contributed by atoms with Crippen LogP contribution in [0.5, 0.6) is 5.75 Å². The average Bonchev–Trinajstić information content (AvgIpc) is 3.37. The number of rotatable bonds is 4. The fourth-order valence-electron chi connectivity index (χ4n) is 5.10. The Morgan fingerprint density at radius 2 is 1.55 bits per heavy atom. The van der Waals surface area contributed by atoms with Crippen molar-refractivity contribution >= 4 is 33.5 Å². The molecule has 0 bridgehead atoms. The lowest BCUT2D eigenvalue weighted by atomic mass is 9.82. The number of ketones is 2. The molecule has 2 aliphatic rings. The Morgan fingerprint density at radius 3 is 2.23 bits per heavy atom. The van der Waals surface area contributed by atoms with Gasteiger partial charge in [-0.2, -0.15) is 0 Å². The average molecular weight is 475 g/mol. The lowest BCUT2D eigenvalue weighted by Gasteiger charge is -2.23. The van der Waals surface area contributed by atoms with Crippen molar-refractivity contribution in [1.82, 2.24) is 0 Å². The van der Waals surface area contributed by atoms with Crippen molar-refractivity contribution in [3.8, 4) is 5.75 Å². The number of carbonyl (C=O) groups excluding carboxylic acids is 3. The normalized spacial score (nSPS) is 25.8.